The molecule has 1 aromatic rings. The standard InChI is InChI=1S/C12H11F3O/c1-2-10(16)8-7-9-5-3-4-6-11(9)12(13,14)15/h3-8H,2H2,1H3/b8-7+. The zero-order valence-electron chi connectivity index (χ0n) is 8.71. The van der Waals surface area contributed by atoms with Crippen LogP contribution in [-0.4, -0.2) is 5.78 Å². The van der Waals surface area contributed by atoms with Gasteiger partial charge in [0.05, 0.1) is 5.56 Å². The van der Waals surface area contributed by atoms with Gasteiger partial charge < -0.3 is 0 Å². The lowest BCUT2D eigenvalue weighted by molar-refractivity contribution is -0.137. The molecule has 1 aromatic carbocycles. The predicted molar refractivity (Wildman–Crippen MR) is 55.8 cm³/mol. The van der Waals surface area contributed by atoms with Gasteiger partial charge in [-0.25, -0.2) is 0 Å². The van der Waals surface area contributed by atoms with Crippen molar-refractivity contribution >= 4 is 11.9 Å². The highest BCUT2D eigenvalue weighted by Crippen LogP contribution is 2.32. The Balaban J connectivity index is 3.05. The Morgan fingerprint density at radius 1 is 1.31 bits per heavy atom. The number of benzene rings is 1. The Bertz CT molecular complexity index is 405. The summed E-state index contributed by atoms with van der Waals surface area (Å²) in [5.74, 6) is -0.197. The van der Waals surface area contributed by atoms with Gasteiger partial charge >= 0.3 is 6.18 Å². The van der Waals surface area contributed by atoms with Gasteiger partial charge in [-0.15, -0.1) is 0 Å². The molecule has 0 unspecified atom stereocenters. The molecule has 0 aliphatic rings. The number of hydrogen-bond donors (Lipinski definition) is 0. The molecule has 0 radical (unpaired) electrons. The molecule has 16 heavy (non-hydrogen) atoms. The number of rotatable bonds is 3. The maximum atomic E-state index is 12.5. The lowest BCUT2D eigenvalue weighted by Gasteiger charge is -2.09. The summed E-state index contributed by atoms with van der Waals surface area (Å²) < 4.78 is 37.6. The van der Waals surface area contributed by atoms with E-state index < -0.39 is 11.7 Å². The number of carbonyl (C=O) groups is 1. The van der Waals surface area contributed by atoms with E-state index in [0.717, 1.165) is 6.07 Å². The molecule has 0 aliphatic heterocycles. The predicted octanol–water partition coefficient (Wildman–Crippen LogP) is 3.70. The minimum Gasteiger partial charge on any atom is -0.295 e. The van der Waals surface area contributed by atoms with Crippen LogP contribution >= 0.6 is 0 Å². The molecule has 86 valence electrons. The van der Waals surface area contributed by atoms with E-state index in [1.807, 2.05) is 0 Å². The highest BCUT2D eigenvalue weighted by molar-refractivity contribution is 5.93. The number of carbonyl (C=O) groups excluding carboxylic acids is 1. The summed E-state index contributed by atoms with van der Waals surface area (Å²) >= 11 is 0. The number of alkyl halides is 3. The smallest absolute Gasteiger partial charge is 0.295 e. The number of halogens is 3. The van der Waals surface area contributed by atoms with E-state index in [2.05, 4.69) is 0 Å². The Kier molecular flexibility index (Phi) is 3.88. The van der Waals surface area contributed by atoms with Gasteiger partial charge in [0, 0.05) is 6.42 Å². The average molecular weight is 228 g/mol. The van der Waals surface area contributed by atoms with Crippen molar-refractivity contribution in [1.29, 1.82) is 0 Å². The van der Waals surface area contributed by atoms with Gasteiger partial charge in [0.15, 0.2) is 5.78 Å². The normalized spacial score (nSPS) is 12.0. The third-order valence-electron chi connectivity index (χ3n) is 2.06. The molecule has 0 aliphatic carbocycles. The van der Waals surface area contributed by atoms with Crippen LogP contribution in [0.3, 0.4) is 0 Å². The Morgan fingerprint density at radius 3 is 2.50 bits per heavy atom. The summed E-state index contributed by atoms with van der Waals surface area (Å²) in [6.45, 7) is 1.66. The topological polar surface area (TPSA) is 17.1 Å². The molecule has 0 bridgehead atoms. The maximum absolute atomic E-state index is 12.5. The second-order valence-electron chi connectivity index (χ2n) is 3.24. The van der Waals surface area contributed by atoms with E-state index in [1.165, 1.54) is 30.4 Å². The first-order chi connectivity index (χ1) is 7.45. The van der Waals surface area contributed by atoms with Gasteiger partial charge in [0.1, 0.15) is 0 Å². The van der Waals surface area contributed by atoms with Gasteiger partial charge in [-0.2, -0.15) is 13.2 Å². The van der Waals surface area contributed by atoms with Gasteiger partial charge in [-0.05, 0) is 17.7 Å². The first-order valence-electron chi connectivity index (χ1n) is 4.82. The average Bonchev–Trinajstić information content (AvgIpc) is 2.25. The lowest BCUT2D eigenvalue weighted by Crippen LogP contribution is -2.06. The van der Waals surface area contributed by atoms with E-state index in [1.54, 1.807) is 6.92 Å². The molecule has 0 N–H and O–H groups in total. The van der Waals surface area contributed by atoms with Gasteiger partial charge in [-0.1, -0.05) is 31.2 Å². The largest absolute Gasteiger partial charge is 0.416 e. The molecule has 0 aromatic heterocycles. The molecular formula is C12H11F3O. The van der Waals surface area contributed by atoms with Crippen molar-refractivity contribution in [2.45, 2.75) is 19.5 Å². The second kappa shape index (κ2) is 4.96. The van der Waals surface area contributed by atoms with Crippen molar-refractivity contribution < 1.29 is 18.0 Å². The molecular weight excluding hydrogens is 217 g/mol. The van der Waals surface area contributed by atoms with E-state index in [0.29, 0.717) is 0 Å². The molecule has 0 atom stereocenters. The first kappa shape index (κ1) is 12.5. The minimum atomic E-state index is -4.39. The van der Waals surface area contributed by atoms with Crippen LogP contribution in [0.25, 0.3) is 6.08 Å². The molecule has 4 heteroatoms. The summed E-state index contributed by atoms with van der Waals surface area (Å²) in [4.78, 5) is 11.0. The number of ketones is 1. The van der Waals surface area contributed by atoms with Gasteiger partial charge in [0.25, 0.3) is 0 Å². The Morgan fingerprint density at radius 2 is 1.94 bits per heavy atom. The van der Waals surface area contributed by atoms with Crippen LogP contribution in [0, 0.1) is 0 Å². The van der Waals surface area contributed by atoms with Crippen LogP contribution < -0.4 is 0 Å². The van der Waals surface area contributed by atoms with Crippen molar-refractivity contribution in [3.8, 4) is 0 Å². The van der Waals surface area contributed by atoms with Crippen LogP contribution in [0.5, 0.6) is 0 Å². The molecule has 0 spiro atoms. The lowest BCUT2D eigenvalue weighted by atomic mass is 10.1. The zero-order valence-corrected chi connectivity index (χ0v) is 8.71. The maximum Gasteiger partial charge on any atom is 0.416 e. The number of hydrogen-bond acceptors (Lipinski definition) is 1. The van der Waals surface area contributed by atoms with Crippen LogP contribution in [-0.2, 0) is 11.0 Å². The third-order valence-corrected chi connectivity index (χ3v) is 2.06. The Hall–Kier alpha value is -1.58. The Labute approximate surface area is 91.6 Å². The van der Waals surface area contributed by atoms with Crippen LogP contribution in [0.2, 0.25) is 0 Å². The van der Waals surface area contributed by atoms with Gasteiger partial charge in [-0.3, -0.25) is 4.79 Å². The molecule has 0 saturated heterocycles. The highest BCUT2D eigenvalue weighted by Gasteiger charge is 2.32. The van der Waals surface area contributed by atoms with Crippen LogP contribution in [0.1, 0.15) is 24.5 Å². The van der Waals surface area contributed by atoms with Crippen molar-refractivity contribution in [3.63, 3.8) is 0 Å². The monoisotopic (exact) mass is 228 g/mol. The van der Waals surface area contributed by atoms with E-state index in [4.69, 9.17) is 0 Å². The SMILES string of the molecule is CCC(=O)/C=C/c1ccccc1C(F)(F)F. The molecule has 0 heterocycles. The summed E-state index contributed by atoms with van der Waals surface area (Å²) in [5, 5.41) is 0. The second-order valence-corrected chi connectivity index (χ2v) is 3.24. The fourth-order valence-electron chi connectivity index (χ4n) is 1.20. The van der Waals surface area contributed by atoms with Crippen molar-refractivity contribution in [2.24, 2.45) is 0 Å². The van der Waals surface area contributed by atoms with Crippen molar-refractivity contribution in [3.05, 3.63) is 41.5 Å². The van der Waals surface area contributed by atoms with Crippen molar-refractivity contribution in [2.75, 3.05) is 0 Å². The zero-order chi connectivity index (χ0) is 12.2. The van der Waals surface area contributed by atoms with E-state index >= 15 is 0 Å². The molecule has 1 rings (SSSR count). The first-order valence-corrected chi connectivity index (χ1v) is 4.82. The summed E-state index contributed by atoms with van der Waals surface area (Å²) in [6.07, 6.45) is -1.74. The molecule has 0 amide bonds. The summed E-state index contributed by atoms with van der Waals surface area (Å²) in [7, 11) is 0. The third kappa shape index (κ3) is 3.22. The van der Waals surface area contributed by atoms with Crippen LogP contribution in [0.4, 0.5) is 13.2 Å². The quantitative estimate of drug-likeness (QED) is 0.721. The van der Waals surface area contributed by atoms with E-state index in [9.17, 15) is 18.0 Å². The number of allylic oxidation sites excluding steroid dienone is 1. The molecule has 0 fully saturated rings. The minimum absolute atomic E-state index is 0.0109. The summed E-state index contributed by atoms with van der Waals surface area (Å²) in [5.41, 5.74) is -0.716. The fourth-order valence-corrected chi connectivity index (χ4v) is 1.20. The summed E-state index contributed by atoms with van der Waals surface area (Å²) in [6, 6.07) is 5.16. The van der Waals surface area contributed by atoms with E-state index in [-0.39, 0.29) is 17.8 Å². The van der Waals surface area contributed by atoms with Crippen LogP contribution in [0.15, 0.2) is 30.3 Å². The molecule has 0 saturated carbocycles. The fraction of sp³-hybridized carbons (Fsp3) is 0.250. The highest BCUT2D eigenvalue weighted by atomic mass is 19.4. The van der Waals surface area contributed by atoms with Crippen molar-refractivity contribution in [1.82, 2.24) is 0 Å². The molecule has 1 nitrogen and oxygen atoms in total. The van der Waals surface area contributed by atoms with Gasteiger partial charge in [0.2, 0.25) is 0 Å².